The van der Waals surface area contributed by atoms with Gasteiger partial charge in [0.2, 0.25) is 12.6 Å². The van der Waals surface area contributed by atoms with Crippen LogP contribution in [0.2, 0.25) is 5.02 Å². The van der Waals surface area contributed by atoms with Gasteiger partial charge < -0.3 is 14.8 Å². The second-order valence-electron chi connectivity index (χ2n) is 10.2. The topological polar surface area (TPSA) is 105 Å². The predicted molar refractivity (Wildman–Crippen MR) is 170 cm³/mol. The summed E-state index contributed by atoms with van der Waals surface area (Å²) in [6.45, 7) is 4.94. The van der Waals surface area contributed by atoms with Crippen LogP contribution >= 0.6 is 38.9 Å². The van der Waals surface area contributed by atoms with E-state index in [0.717, 1.165) is 6.07 Å². The van der Waals surface area contributed by atoms with Crippen molar-refractivity contribution < 1.29 is 32.4 Å². The highest BCUT2D eigenvalue weighted by Gasteiger charge is 2.40. The molecule has 0 aliphatic carbocycles. The normalized spacial score (nSPS) is 18.4. The van der Waals surface area contributed by atoms with Gasteiger partial charge in [0.15, 0.2) is 16.9 Å². The number of hydrogen-bond donors (Lipinski definition) is 2. The first kappa shape index (κ1) is 32.5. The fourth-order valence-corrected chi connectivity index (χ4v) is 6.63. The first-order valence-electron chi connectivity index (χ1n) is 13.6. The third-order valence-electron chi connectivity index (χ3n) is 7.43. The minimum Gasteiger partial charge on any atom is -0.465 e. The molecule has 5 rings (SSSR count). The van der Waals surface area contributed by atoms with Crippen molar-refractivity contribution in [3.63, 3.8) is 0 Å². The van der Waals surface area contributed by atoms with Crippen LogP contribution < -0.4 is 10.6 Å². The summed E-state index contributed by atoms with van der Waals surface area (Å²) in [6.07, 6.45) is 1.63. The van der Waals surface area contributed by atoms with Crippen molar-refractivity contribution in [1.82, 2.24) is 15.6 Å². The number of aromatic nitrogens is 1. The maximum atomic E-state index is 14.1. The minimum absolute atomic E-state index is 0.0861. The Morgan fingerprint density at radius 1 is 1.04 bits per heavy atom. The Kier molecular flexibility index (Phi) is 9.80. The molecule has 2 unspecified atom stereocenters. The summed E-state index contributed by atoms with van der Waals surface area (Å²) in [4.78, 5) is 36.1. The van der Waals surface area contributed by atoms with Crippen LogP contribution in [0.25, 0.3) is 0 Å². The number of allylic oxidation sites excluding steroid dienone is 2. The van der Waals surface area contributed by atoms with E-state index in [0.29, 0.717) is 44.8 Å². The Labute approximate surface area is 275 Å². The number of amidine groups is 2. The Morgan fingerprint density at radius 2 is 1.76 bits per heavy atom. The standard InChI is InChI=1S/C31H27BrClF2N5O4S/c1-15-11-18(34)5-7-20(15)27-24(30(41)43-4)16(2)37-17(3)40(27)14-44-31(42)25-23(13-32)38-28(29-36-9-10-45-29)39-26(25)21-8-6-19(35)12-22(21)33/h5-12,26-27H,13-14H2,1-4H3,(H,38,39,42)/p+1. The summed E-state index contributed by atoms with van der Waals surface area (Å²) in [6, 6.07) is 6.44. The average molecular weight is 720 g/mol. The molecule has 0 radical (unpaired) electrons. The number of halogens is 4. The third-order valence-corrected chi connectivity index (χ3v) is 9.09. The number of hydrogen-bond acceptors (Lipinski definition) is 9. The molecule has 45 heavy (non-hydrogen) atoms. The van der Waals surface area contributed by atoms with Gasteiger partial charge in [0.25, 0.3) is 0 Å². The molecule has 0 saturated carbocycles. The molecule has 2 aromatic carbocycles. The highest BCUT2D eigenvalue weighted by molar-refractivity contribution is 9.09. The fourth-order valence-electron chi connectivity index (χ4n) is 5.33. The molecule has 9 nitrogen and oxygen atoms in total. The Morgan fingerprint density at radius 3 is 2.38 bits per heavy atom. The quantitative estimate of drug-likeness (QED) is 0.171. The summed E-state index contributed by atoms with van der Waals surface area (Å²) >= 11 is 11.3. The summed E-state index contributed by atoms with van der Waals surface area (Å²) in [5.41, 5.74) is 3.05. The summed E-state index contributed by atoms with van der Waals surface area (Å²) in [5.74, 6) is -1.27. The molecule has 0 saturated heterocycles. The van der Waals surface area contributed by atoms with Crippen molar-refractivity contribution in [3.05, 3.63) is 109 Å². The van der Waals surface area contributed by atoms with E-state index in [1.165, 1.54) is 42.7 Å². The van der Waals surface area contributed by atoms with E-state index in [1.54, 1.807) is 43.0 Å². The minimum atomic E-state index is -0.953. The van der Waals surface area contributed by atoms with Crippen LogP contribution in [0.15, 0.2) is 75.5 Å². The van der Waals surface area contributed by atoms with Gasteiger partial charge in [-0.15, -0.1) is 11.3 Å². The highest BCUT2D eigenvalue weighted by atomic mass is 79.9. The number of nitrogens with one attached hydrogen (secondary N) is 2. The van der Waals surface area contributed by atoms with Gasteiger partial charge in [-0.05, 0) is 43.7 Å². The predicted octanol–water partition coefficient (Wildman–Crippen LogP) is 5.85. The smallest absolute Gasteiger partial charge is 0.342 e. The van der Waals surface area contributed by atoms with Crippen molar-refractivity contribution in [3.8, 4) is 0 Å². The first-order chi connectivity index (χ1) is 21.5. The largest absolute Gasteiger partial charge is 0.465 e. The van der Waals surface area contributed by atoms with Crippen LogP contribution in [0.3, 0.4) is 0 Å². The second-order valence-corrected chi connectivity index (χ2v) is 12.1. The second kappa shape index (κ2) is 13.6. The lowest BCUT2D eigenvalue weighted by molar-refractivity contribution is -0.597. The van der Waals surface area contributed by atoms with E-state index < -0.39 is 35.7 Å². The fraction of sp³-hybridized carbons (Fsp3) is 0.258. The van der Waals surface area contributed by atoms with Crippen LogP contribution in [0.4, 0.5) is 8.78 Å². The number of rotatable bonds is 8. The van der Waals surface area contributed by atoms with Gasteiger partial charge in [0.1, 0.15) is 28.9 Å². The number of nitrogens with zero attached hydrogens (tertiary/aromatic N) is 3. The Balaban J connectivity index is 1.54. The van der Waals surface area contributed by atoms with Crippen LogP contribution in [0, 0.1) is 18.6 Å². The van der Waals surface area contributed by atoms with Crippen LogP contribution in [-0.2, 0) is 19.1 Å². The Bertz CT molecular complexity index is 1810. The maximum absolute atomic E-state index is 14.1. The summed E-state index contributed by atoms with van der Waals surface area (Å²) in [7, 11) is 1.28. The average Bonchev–Trinajstić information content (AvgIpc) is 3.55. The molecule has 2 atom stereocenters. The van der Waals surface area contributed by atoms with E-state index in [-0.39, 0.29) is 28.2 Å². The molecule has 3 aromatic rings. The van der Waals surface area contributed by atoms with Gasteiger partial charge in [-0.1, -0.05) is 39.7 Å². The van der Waals surface area contributed by atoms with E-state index in [1.807, 2.05) is 0 Å². The Hall–Kier alpha value is -3.94. The lowest BCUT2D eigenvalue weighted by Gasteiger charge is -2.29. The molecular formula is C31H28BrClF2N5O4S+. The molecular weight excluding hydrogens is 692 g/mol. The molecule has 234 valence electrons. The van der Waals surface area contributed by atoms with Crippen molar-refractivity contribution in [2.45, 2.75) is 32.9 Å². The van der Waals surface area contributed by atoms with E-state index >= 15 is 0 Å². The monoisotopic (exact) mass is 718 g/mol. The molecule has 0 fully saturated rings. The third kappa shape index (κ3) is 6.56. The molecule has 2 N–H and O–H groups in total. The van der Waals surface area contributed by atoms with Crippen molar-refractivity contribution in [1.29, 1.82) is 0 Å². The van der Waals surface area contributed by atoms with Crippen molar-refractivity contribution >= 4 is 62.5 Å². The number of benzene rings is 2. The van der Waals surface area contributed by atoms with Gasteiger partial charge in [-0.25, -0.2) is 33.2 Å². The van der Waals surface area contributed by atoms with E-state index in [2.05, 4.69) is 31.5 Å². The van der Waals surface area contributed by atoms with Crippen molar-refractivity contribution in [2.24, 2.45) is 4.99 Å². The number of alkyl halides is 1. The SMILES string of the molecule is COC(=O)C1=C(C)NC(C)=[N+](COC(=O)C2=C(CBr)NC(c3nccs3)=NC2c2ccc(F)cc2Cl)C1c1ccc(F)cc1C. The zero-order chi connectivity index (χ0) is 32.4. The number of aryl methyl sites for hydroxylation is 1. The lowest BCUT2D eigenvalue weighted by atomic mass is 9.91. The molecule has 0 spiro atoms. The molecule has 3 heterocycles. The van der Waals surface area contributed by atoms with Crippen LogP contribution in [-0.4, -0.2) is 52.3 Å². The number of esters is 2. The van der Waals surface area contributed by atoms with Gasteiger partial charge >= 0.3 is 11.9 Å². The van der Waals surface area contributed by atoms with Gasteiger partial charge in [-0.2, -0.15) is 0 Å². The van der Waals surface area contributed by atoms with Crippen LogP contribution in [0.1, 0.15) is 47.6 Å². The van der Waals surface area contributed by atoms with Gasteiger partial charge in [0.05, 0.1) is 12.7 Å². The first-order valence-corrected chi connectivity index (χ1v) is 16.0. The molecule has 1 aromatic heterocycles. The van der Waals surface area contributed by atoms with Gasteiger partial charge in [0, 0.05) is 45.7 Å². The van der Waals surface area contributed by atoms with Crippen LogP contribution in [0.5, 0.6) is 0 Å². The number of carbonyl (C=O) groups is 2. The highest BCUT2D eigenvalue weighted by Crippen LogP contribution is 2.38. The number of thiazole rings is 1. The molecule has 0 amide bonds. The molecule has 14 heteroatoms. The number of methoxy groups -OCH3 is 1. The summed E-state index contributed by atoms with van der Waals surface area (Å²) in [5, 5.41) is 9.03. The number of aliphatic imine (C=N–C) groups is 1. The van der Waals surface area contributed by atoms with E-state index in [9.17, 15) is 18.4 Å². The van der Waals surface area contributed by atoms with Crippen molar-refractivity contribution in [2.75, 3.05) is 19.2 Å². The maximum Gasteiger partial charge on any atom is 0.342 e. The van der Waals surface area contributed by atoms with Gasteiger partial charge in [-0.3, -0.25) is 4.99 Å². The molecule has 2 aliphatic heterocycles. The number of ether oxygens (including phenoxy) is 2. The number of carbonyl (C=O) groups excluding carboxylic acids is 2. The zero-order valence-electron chi connectivity index (χ0n) is 24.6. The molecule has 0 bridgehead atoms. The molecule has 2 aliphatic rings. The summed E-state index contributed by atoms with van der Waals surface area (Å²) < 4.78 is 40.8. The lowest BCUT2D eigenvalue weighted by Crippen LogP contribution is -2.43. The van der Waals surface area contributed by atoms with E-state index in [4.69, 9.17) is 26.1 Å². The zero-order valence-corrected chi connectivity index (χ0v) is 27.7.